The van der Waals surface area contributed by atoms with Crippen molar-refractivity contribution >= 4 is 10.8 Å². The summed E-state index contributed by atoms with van der Waals surface area (Å²) >= 11 is 0. The predicted octanol–water partition coefficient (Wildman–Crippen LogP) is 8.21. The van der Waals surface area contributed by atoms with Gasteiger partial charge in [-0.3, -0.25) is 0 Å². The van der Waals surface area contributed by atoms with Crippen LogP contribution in [0.5, 0.6) is 0 Å². The summed E-state index contributed by atoms with van der Waals surface area (Å²) in [6, 6.07) is 21.5. The van der Waals surface area contributed by atoms with Gasteiger partial charge in [-0.05, 0) is 97.4 Å². The van der Waals surface area contributed by atoms with Gasteiger partial charge >= 0.3 is 0 Å². The van der Waals surface area contributed by atoms with Crippen LogP contribution in [-0.2, 0) is 32.1 Å². The quantitative estimate of drug-likeness (QED) is 0.220. The van der Waals surface area contributed by atoms with E-state index in [4.69, 9.17) is 5.26 Å². The van der Waals surface area contributed by atoms with Crippen LogP contribution in [0.1, 0.15) is 46.7 Å². The van der Waals surface area contributed by atoms with Crippen LogP contribution in [0.3, 0.4) is 0 Å². The number of benzene rings is 4. The zero-order valence-electron chi connectivity index (χ0n) is 20.3. The smallest absolute Gasteiger partial charge is 0.134 e. The van der Waals surface area contributed by atoms with Crippen LogP contribution in [0.4, 0.5) is 13.2 Å². The number of rotatable bonds is 9. The van der Waals surface area contributed by atoms with E-state index >= 15 is 4.39 Å². The van der Waals surface area contributed by atoms with E-state index in [1.54, 1.807) is 24.3 Å². The fourth-order valence-electron chi connectivity index (χ4n) is 4.48. The third-order valence-electron chi connectivity index (χ3n) is 6.56. The molecule has 0 amide bonds. The van der Waals surface area contributed by atoms with Crippen LogP contribution in [0, 0.1) is 28.8 Å². The van der Waals surface area contributed by atoms with Crippen molar-refractivity contribution in [2.45, 2.75) is 45.4 Å². The first-order chi connectivity index (χ1) is 17.5. The zero-order chi connectivity index (χ0) is 25.5. The van der Waals surface area contributed by atoms with Gasteiger partial charge in [-0.1, -0.05) is 54.6 Å². The number of nitriles is 1. The maximum absolute atomic E-state index is 15.2. The van der Waals surface area contributed by atoms with Crippen molar-refractivity contribution < 1.29 is 13.2 Å². The van der Waals surface area contributed by atoms with Crippen molar-refractivity contribution in [3.8, 4) is 6.07 Å². The molecule has 4 rings (SSSR count). The molecule has 0 heterocycles. The average molecular weight is 484 g/mol. The van der Waals surface area contributed by atoms with E-state index in [-0.39, 0.29) is 17.8 Å². The Kier molecular flexibility index (Phi) is 8.23. The monoisotopic (exact) mass is 483 g/mol. The minimum atomic E-state index is -0.510. The SMILES string of the molecule is C/C=C/CCc1cc(F)c(CCc2ccc3c(F)c(CCc4ccc(C#N)cc4)ccc3c2)c(F)c1. The molecule has 0 N–H and O–H groups in total. The first-order valence-corrected chi connectivity index (χ1v) is 12.3. The molecule has 0 aliphatic rings. The third-order valence-corrected chi connectivity index (χ3v) is 6.56. The van der Waals surface area contributed by atoms with Gasteiger partial charge in [-0.25, -0.2) is 13.2 Å². The van der Waals surface area contributed by atoms with Crippen molar-refractivity contribution in [3.05, 3.63) is 130 Å². The van der Waals surface area contributed by atoms with Gasteiger partial charge in [0.1, 0.15) is 17.5 Å². The van der Waals surface area contributed by atoms with Gasteiger partial charge in [0, 0.05) is 10.9 Å². The van der Waals surface area contributed by atoms with Gasteiger partial charge in [0.05, 0.1) is 11.6 Å². The molecular weight excluding hydrogens is 455 g/mol. The van der Waals surface area contributed by atoms with Crippen LogP contribution in [0.15, 0.2) is 78.9 Å². The van der Waals surface area contributed by atoms with E-state index in [1.165, 1.54) is 12.1 Å². The normalized spacial score (nSPS) is 11.3. The average Bonchev–Trinajstić information content (AvgIpc) is 2.88. The van der Waals surface area contributed by atoms with E-state index < -0.39 is 11.6 Å². The Balaban J connectivity index is 1.44. The van der Waals surface area contributed by atoms with Crippen LogP contribution < -0.4 is 0 Å². The third kappa shape index (κ3) is 6.04. The van der Waals surface area contributed by atoms with Gasteiger partial charge < -0.3 is 0 Å². The Morgan fingerprint density at radius 2 is 1.42 bits per heavy atom. The minimum Gasteiger partial charge on any atom is -0.207 e. The van der Waals surface area contributed by atoms with Crippen molar-refractivity contribution in [2.24, 2.45) is 0 Å². The highest BCUT2D eigenvalue weighted by Gasteiger charge is 2.13. The molecule has 0 saturated heterocycles. The maximum atomic E-state index is 15.2. The Hall–Kier alpha value is -3.84. The molecule has 0 atom stereocenters. The van der Waals surface area contributed by atoms with Gasteiger partial charge in [0.2, 0.25) is 0 Å². The summed E-state index contributed by atoms with van der Waals surface area (Å²) in [5, 5.41) is 10.2. The summed E-state index contributed by atoms with van der Waals surface area (Å²) in [7, 11) is 0. The van der Waals surface area contributed by atoms with Gasteiger partial charge in [-0.15, -0.1) is 0 Å². The van der Waals surface area contributed by atoms with Gasteiger partial charge in [0.25, 0.3) is 0 Å². The molecule has 0 spiro atoms. The zero-order valence-corrected chi connectivity index (χ0v) is 20.3. The number of hydrogen-bond acceptors (Lipinski definition) is 1. The number of halogens is 3. The standard InChI is InChI=1S/C32H28F3N/c1-2-3-4-5-25-19-30(33)29(31(34)20-25)17-12-23-11-16-28-27(18-23)15-14-26(32(28)35)13-10-22-6-8-24(21-36)9-7-22/h2-3,6-9,11,14-16,18-20H,4-5,10,12-13,17H2,1H3/b3-2+. The Bertz CT molecular complexity index is 1410. The molecule has 0 aliphatic heterocycles. The largest absolute Gasteiger partial charge is 0.207 e. The molecule has 36 heavy (non-hydrogen) atoms. The van der Waals surface area contributed by atoms with E-state index in [2.05, 4.69) is 6.07 Å². The van der Waals surface area contributed by atoms with E-state index in [9.17, 15) is 8.78 Å². The molecule has 182 valence electrons. The van der Waals surface area contributed by atoms with Crippen molar-refractivity contribution in [3.63, 3.8) is 0 Å². The van der Waals surface area contributed by atoms with Crippen LogP contribution >= 0.6 is 0 Å². The lowest BCUT2D eigenvalue weighted by atomic mass is 9.96. The minimum absolute atomic E-state index is 0.0919. The van der Waals surface area contributed by atoms with Crippen LogP contribution in [0.25, 0.3) is 10.8 Å². The summed E-state index contributed by atoms with van der Waals surface area (Å²) in [5.41, 5.74) is 3.95. The molecule has 1 nitrogen and oxygen atoms in total. The Morgan fingerprint density at radius 3 is 2.11 bits per heavy atom. The molecule has 0 radical (unpaired) electrons. The first-order valence-electron chi connectivity index (χ1n) is 12.3. The number of allylic oxidation sites excluding steroid dienone is 2. The lowest BCUT2D eigenvalue weighted by Gasteiger charge is -2.10. The van der Waals surface area contributed by atoms with Crippen LogP contribution in [-0.4, -0.2) is 0 Å². The van der Waals surface area contributed by atoms with E-state index in [0.29, 0.717) is 47.8 Å². The maximum Gasteiger partial charge on any atom is 0.134 e. The van der Waals surface area contributed by atoms with Crippen LogP contribution in [0.2, 0.25) is 0 Å². The summed E-state index contributed by atoms with van der Waals surface area (Å²) in [6.45, 7) is 1.92. The summed E-state index contributed by atoms with van der Waals surface area (Å²) in [6.07, 6.45) is 7.19. The lowest BCUT2D eigenvalue weighted by Crippen LogP contribution is -2.01. The summed E-state index contributed by atoms with van der Waals surface area (Å²) in [4.78, 5) is 0. The van der Waals surface area contributed by atoms with Gasteiger partial charge in [0.15, 0.2) is 0 Å². The molecule has 4 aromatic carbocycles. The highest BCUT2D eigenvalue weighted by atomic mass is 19.1. The molecule has 0 aromatic heterocycles. The van der Waals surface area contributed by atoms with E-state index in [1.807, 2.05) is 49.4 Å². The summed E-state index contributed by atoms with van der Waals surface area (Å²) < 4.78 is 44.4. The second-order valence-electron chi connectivity index (χ2n) is 9.05. The molecule has 4 heteroatoms. The van der Waals surface area contributed by atoms with Crippen molar-refractivity contribution in [1.29, 1.82) is 5.26 Å². The number of hydrogen-bond donors (Lipinski definition) is 0. The van der Waals surface area contributed by atoms with E-state index in [0.717, 1.165) is 22.9 Å². The highest BCUT2D eigenvalue weighted by Crippen LogP contribution is 2.25. The molecule has 0 unspecified atom stereocenters. The Labute approximate surface area is 210 Å². The molecule has 0 bridgehead atoms. The van der Waals surface area contributed by atoms with Crippen molar-refractivity contribution in [1.82, 2.24) is 0 Å². The first kappa shape index (κ1) is 25.3. The molecule has 4 aromatic rings. The highest BCUT2D eigenvalue weighted by molar-refractivity contribution is 5.84. The second kappa shape index (κ2) is 11.7. The predicted molar refractivity (Wildman–Crippen MR) is 139 cm³/mol. The number of nitrogens with zero attached hydrogens (tertiary/aromatic N) is 1. The molecule has 0 aliphatic carbocycles. The second-order valence-corrected chi connectivity index (χ2v) is 9.05. The molecule has 0 fully saturated rings. The molecular formula is C32H28F3N. The number of aryl methyl sites for hydroxylation is 4. The van der Waals surface area contributed by atoms with Gasteiger partial charge in [-0.2, -0.15) is 5.26 Å². The fraction of sp³-hybridized carbons (Fsp3) is 0.219. The summed E-state index contributed by atoms with van der Waals surface area (Å²) in [5.74, 6) is -1.26. The topological polar surface area (TPSA) is 23.8 Å². The molecule has 0 saturated carbocycles. The van der Waals surface area contributed by atoms with Crippen molar-refractivity contribution in [2.75, 3.05) is 0 Å². The Morgan fingerprint density at radius 1 is 0.722 bits per heavy atom. The fourth-order valence-corrected chi connectivity index (χ4v) is 4.48. The lowest BCUT2D eigenvalue weighted by molar-refractivity contribution is 0.551. The number of fused-ring (bicyclic) bond motifs is 1.